The van der Waals surface area contributed by atoms with Gasteiger partial charge < -0.3 is 10.2 Å². The van der Waals surface area contributed by atoms with Gasteiger partial charge in [0.05, 0.1) is 0 Å². The summed E-state index contributed by atoms with van der Waals surface area (Å²) in [4.78, 5) is 25.2. The van der Waals surface area contributed by atoms with Crippen LogP contribution in [0.5, 0.6) is 0 Å². The molecule has 130 valence electrons. The first-order valence-electron chi connectivity index (χ1n) is 7.83. The Balaban J connectivity index is 2.77. The lowest BCUT2D eigenvalue weighted by Gasteiger charge is -2.37. The molecule has 0 saturated carbocycles. The van der Waals surface area contributed by atoms with Crippen molar-refractivity contribution in [2.75, 3.05) is 0 Å². The summed E-state index contributed by atoms with van der Waals surface area (Å²) in [6.45, 7) is 11.3. The first-order valence-corrected chi connectivity index (χ1v) is 8.65. The van der Waals surface area contributed by atoms with Crippen molar-refractivity contribution in [2.24, 2.45) is 5.41 Å². The second kappa shape index (κ2) is 5.59. The standard InChI is InChI=1S/C19H24O4S/c1-17(2,3)14-10-11-9-12(7-8-13(11)24-14)19(15(20)21,16(22)23)18(4,5)6/h7-10H,1-6H3,(H,20,21)(H,22,23). The highest BCUT2D eigenvalue weighted by Gasteiger charge is 2.57. The molecule has 0 radical (unpaired) electrons. The van der Waals surface area contributed by atoms with Gasteiger partial charge in [0.1, 0.15) is 0 Å². The maximum Gasteiger partial charge on any atom is 0.326 e. The van der Waals surface area contributed by atoms with Gasteiger partial charge in [-0.2, -0.15) is 0 Å². The molecule has 5 heteroatoms. The maximum absolute atomic E-state index is 12.0. The highest BCUT2D eigenvalue weighted by atomic mass is 32.1. The molecule has 1 aromatic heterocycles. The van der Waals surface area contributed by atoms with Crippen LogP contribution in [0.2, 0.25) is 0 Å². The molecule has 2 N–H and O–H groups in total. The van der Waals surface area contributed by atoms with Crippen LogP contribution >= 0.6 is 11.3 Å². The Morgan fingerprint density at radius 2 is 1.46 bits per heavy atom. The minimum absolute atomic E-state index is 0.00936. The van der Waals surface area contributed by atoms with Crippen LogP contribution < -0.4 is 0 Å². The number of hydrogen-bond acceptors (Lipinski definition) is 3. The molecule has 0 unspecified atom stereocenters. The molecule has 1 aromatic carbocycles. The van der Waals surface area contributed by atoms with E-state index in [-0.39, 0.29) is 5.41 Å². The van der Waals surface area contributed by atoms with Gasteiger partial charge in [-0.15, -0.1) is 11.3 Å². The Labute approximate surface area is 146 Å². The van der Waals surface area contributed by atoms with Gasteiger partial charge in [0.2, 0.25) is 0 Å². The van der Waals surface area contributed by atoms with Gasteiger partial charge >= 0.3 is 11.9 Å². The Morgan fingerprint density at radius 1 is 0.917 bits per heavy atom. The van der Waals surface area contributed by atoms with Gasteiger partial charge in [-0.25, -0.2) is 0 Å². The van der Waals surface area contributed by atoms with E-state index in [0.29, 0.717) is 5.56 Å². The topological polar surface area (TPSA) is 74.6 Å². The molecular weight excluding hydrogens is 324 g/mol. The minimum atomic E-state index is -2.00. The summed E-state index contributed by atoms with van der Waals surface area (Å²) in [6.07, 6.45) is 0. The molecule has 0 fully saturated rings. The fourth-order valence-electron chi connectivity index (χ4n) is 3.06. The molecule has 0 saturated heterocycles. The summed E-state index contributed by atoms with van der Waals surface area (Å²) in [5.74, 6) is -2.68. The van der Waals surface area contributed by atoms with Crippen LogP contribution in [0.25, 0.3) is 10.1 Å². The van der Waals surface area contributed by atoms with Crippen molar-refractivity contribution < 1.29 is 19.8 Å². The number of fused-ring (bicyclic) bond motifs is 1. The SMILES string of the molecule is CC(C)(C)c1cc2cc(C(C(=O)O)(C(=O)O)C(C)(C)C)ccc2s1. The maximum atomic E-state index is 12.0. The molecule has 24 heavy (non-hydrogen) atoms. The normalized spacial score (nSPS) is 13.2. The average Bonchev–Trinajstić information content (AvgIpc) is 2.79. The van der Waals surface area contributed by atoms with E-state index in [1.807, 2.05) is 12.1 Å². The van der Waals surface area contributed by atoms with E-state index in [1.165, 1.54) is 4.88 Å². The Morgan fingerprint density at radius 3 is 1.88 bits per heavy atom. The summed E-state index contributed by atoms with van der Waals surface area (Å²) < 4.78 is 1.03. The van der Waals surface area contributed by atoms with E-state index in [0.717, 1.165) is 10.1 Å². The predicted octanol–water partition coefficient (Wildman–Crippen LogP) is 4.65. The lowest BCUT2D eigenvalue weighted by molar-refractivity contribution is -0.164. The number of aliphatic carboxylic acids is 2. The Bertz CT molecular complexity index is 789. The third-order valence-corrected chi connectivity index (χ3v) is 6.00. The molecule has 0 bridgehead atoms. The Kier molecular flexibility index (Phi) is 4.30. The van der Waals surface area contributed by atoms with Crippen LogP contribution in [0.3, 0.4) is 0 Å². The summed E-state index contributed by atoms with van der Waals surface area (Å²) in [6, 6.07) is 7.21. The first-order chi connectivity index (χ1) is 10.8. The molecule has 2 rings (SSSR count). The van der Waals surface area contributed by atoms with E-state index >= 15 is 0 Å². The van der Waals surface area contributed by atoms with Crippen molar-refractivity contribution in [3.63, 3.8) is 0 Å². The zero-order valence-corrected chi connectivity index (χ0v) is 15.7. The first kappa shape index (κ1) is 18.5. The van der Waals surface area contributed by atoms with Gasteiger partial charge in [0, 0.05) is 9.58 Å². The van der Waals surface area contributed by atoms with Crippen molar-refractivity contribution in [1.82, 2.24) is 0 Å². The quantitative estimate of drug-likeness (QED) is 0.792. The average molecular weight is 348 g/mol. The lowest BCUT2D eigenvalue weighted by atomic mass is 9.62. The zero-order chi connectivity index (χ0) is 18.5. The molecule has 0 aliphatic rings. The number of benzene rings is 1. The molecular formula is C19H24O4S. The summed E-state index contributed by atoms with van der Waals surface area (Å²) in [5, 5.41) is 20.5. The fraction of sp³-hybridized carbons (Fsp3) is 0.474. The van der Waals surface area contributed by atoms with Gasteiger partial charge in [0.15, 0.2) is 5.41 Å². The third kappa shape index (κ3) is 2.71. The smallest absolute Gasteiger partial charge is 0.326 e. The second-order valence-electron chi connectivity index (χ2n) is 8.22. The van der Waals surface area contributed by atoms with Crippen molar-refractivity contribution in [1.29, 1.82) is 0 Å². The van der Waals surface area contributed by atoms with E-state index in [2.05, 4.69) is 20.8 Å². The zero-order valence-electron chi connectivity index (χ0n) is 14.9. The number of carboxylic acids is 2. The largest absolute Gasteiger partial charge is 0.480 e. The summed E-state index contributed by atoms with van der Waals surface area (Å²) >= 11 is 1.65. The van der Waals surface area contributed by atoms with Gasteiger partial charge in [0.25, 0.3) is 0 Å². The summed E-state index contributed by atoms with van der Waals surface area (Å²) in [7, 11) is 0. The van der Waals surface area contributed by atoms with Gasteiger partial charge in [-0.1, -0.05) is 47.6 Å². The fourth-order valence-corrected chi connectivity index (χ4v) is 4.16. The molecule has 0 atom stereocenters. The molecule has 0 aliphatic heterocycles. The highest BCUT2D eigenvalue weighted by molar-refractivity contribution is 7.19. The molecule has 4 nitrogen and oxygen atoms in total. The van der Waals surface area contributed by atoms with E-state index in [9.17, 15) is 19.8 Å². The van der Waals surface area contributed by atoms with Crippen LogP contribution in [0.1, 0.15) is 52.0 Å². The van der Waals surface area contributed by atoms with Crippen molar-refractivity contribution in [3.8, 4) is 0 Å². The van der Waals surface area contributed by atoms with Crippen molar-refractivity contribution in [2.45, 2.75) is 52.4 Å². The van der Waals surface area contributed by atoms with E-state index < -0.39 is 22.8 Å². The number of hydrogen-bond donors (Lipinski definition) is 2. The van der Waals surface area contributed by atoms with Gasteiger partial charge in [-0.3, -0.25) is 9.59 Å². The van der Waals surface area contributed by atoms with Crippen molar-refractivity contribution >= 4 is 33.4 Å². The third-order valence-electron chi connectivity index (χ3n) is 4.46. The van der Waals surface area contributed by atoms with Gasteiger partial charge in [-0.05, 0) is 40.0 Å². The van der Waals surface area contributed by atoms with Crippen LogP contribution in [0.4, 0.5) is 0 Å². The lowest BCUT2D eigenvalue weighted by Crippen LogP contribution is -2.53. The van der Waals surface area contributed by atoms with Crippen LogP contribution in [0, 0.1) is 5.41 Å². The molecule has 0 aliphatic carbocycles. The second-order valence-corrected chi connectivity index (χ2v) is 9.31. The minimum Gasteiger partial charge on any atom is -0.480 e. The van der Waals surface area contributed by atoms with Crippen LogP contribution in [0.15, 0.2) is 24.3 Å². The van der Waals surface area contributed by atoms with E-state index in [1.54, 1.807) is 44.2 Å². The molecule has 0 amide bonds. The van der Waals surface area contributed by atoms with Crippen LogP contribution in [-0.4, -0.2) is 22.2 Å². The number of carboxylic acid groups (broad SMARTS) is 2. The highest BCUT2D eigenvalue weighted by Crippen LogP contribution is 2.44. The molecule has 1 heterocycles. The monoisotopic (exact) mass is 348 g/mol. The predicted molar refractivity (Wildman–Crippen MR) is 96.9 cm³/mol. The number of rotatable bonds is 3. The van der Waals surface area contributed by atoms with E-state index in [4.69, 9.17) is 0 Å². The molecule has 2 aromatic rings. The number of carbonyl (C=O) groups is 2. The molecule has 0 spiro atoms. The Hall–Kier alpha value is -1.88. The number of thiophene rings is 1. The van der Waals surface area contributed by atoms with Crippen molar-refractivity contribution in [3.05, 3.63) is 34.7 Å². The van der Waals surface area contributed by atoms with Crippen LogP contribution in [-0.2, 0) is 20.4 Å². The summed E-state index contributed by atoms with van der Waals surface area (Å²) in [5.41, 5.74) is -2.68.